The van der Waals surface area contributed by atoms with Crippen molar-refractivity contribution in [1.82, 2.24) is 10.3 Å². The Balaban J connectivity index is 2.16. The molecule has 0 atom stereocenters. The molecule has 6 N–H and O–H groups in total. The molecule has 12 heteroatoms. The molecule has 0 fully saturated rings. The number of carbonyl (C=O) groups is 2. The van der Waals surface area contributed by atoms with Crippen LogP contribution in [0.3, 0.4) is 0 Å². The van der Waals surface area contributed by atoms with Gasteiger partial charge in [0.25, 0.3) is 11.5 Å². The normalized spacial score (nSPS) is 11.3. The van der Waals surface area contributed by atoms with E-state index in [1.807, 2.05) is 5.32 Å². The number of carboxylic acids is 1. The summed E-state index contributed by atoms with van der Waals surface area (Å²) in [5.41, 5.74) is -1.14. The van der Waals surface area contributed by atoms with E-state index >= 15 is 0 Å². The van der Waals surface area contributed by atoms with Crippen LogP contribution >= 0.6 is 0 Å². The Kier molecular flexibility index (Phi) is 5.95. The number of aliphatic carboxylic acids is 1. The number of pyridine rings is 1. The van der Waals surface area contributed by atoms with Crippen LogP contribution in [-0.2, 0) is 21.4 Å². The molecule has 3 rings (SSSR count). The Labute approximate surface area is 175 Å². The van der Waals surface area contributed by atoms with E-state index in [4.69, 9.17) is 15.0 Å². The zero-order valence-electron chi connectivity index (χ0n) is 15.8. The number of fused-ring (bicyclic) bond motifs is 1. The highest BCUT2D eigenvalue weighted by atomic mass is 32.2. The van der Waals surface area contributed by atoms with Crippen molar-refractivity contribution in [3.8, 4) is 11.5 Å². The van der Waals surface area contributed by atoms with Crippen molar-refractivity contribution in [3.05, 3.63) is 63.9 Å². The molecule has 0 saturated heterocycles. The topological polar surface area (TPSA) is 189 Å². The number of rotatable bonds is 7. The van der Waals surface area contributed by atoms with Gasteiger partial charge in [-0.25, -0.2) is 13.6 Å². The van der Waals surface area contributed by atoms with Gasteiger partial charge in [-0.15, -0.1) is 0 Å². The maximum atomic E-state index is 12.4. The Morgan fingerprint density at radius 2 is 1.84 bits per heavy atom. The van der Waals surface area contributed by atoms with Crippen molar-refractivity contribution in [2.75, 3.05) is 6.54 Å². The molecule has 0 bridgehead atoms. The summed E-state index contributed by atoms with van der Waals surface area (Å²) in [4.78, 5) is 37.2. The number of aromatic amines is 1. The first kappa shape index (κ1) is 21.8. The fourth-order valence-corrected chi connectivity index (χ4v) is 3.35. The maximum absolute atomic E-state index is 12.4. The smallest absolute Gasteiger partial charge is 0.322 e. The second kappa shape index (κ2) is 8.45. The van der Waals surface area contributed by atoms with Gasteiger partial charge in [0.1, 0.15) is 30.2 Å². The largest absolute Gasteiger partial charge is 0.506 e. The standard InChI is InChI=1S/C19H17N3O8S/c20-31(28,29)11-6-12-16(13(7-11)30-9-10-4-2-1-3-5-10)22-19(27)15(17(12)25)18(26)21-8-14(23)24/h1-7H,8-9H2,(H,21,26)(H,23,24)(H2,20,28,29)(H2,22,25,27). The van der Waals surface area contributed by atoms with Crippen LogP contribution in [0.1, 0.15) is 15.9 Å². The minimum absolute atomic E-state index is 0.00759. The highest BCUT2D eigenvalue weighted by Gasteiger charge is 2.23. The van der Waals surface area contributed by atoms with Crippen molar-refractivity contribution in [2.24, 2.45) is 5.14 Å². The highest BCUT2D eigenvalue weighted by molar-refractivity contribution is 7.89. The molecular weight excluding hydrogens is 430 g/mol. The number of hydrogen-bond donors (Lipinski definition) is 5. The number of aromatic hydroxyl groups is 1. The minimum Gasteiger partial charge on any atom is -0.506 e. The van der Waals surface area contributed by atoms with Crippen LogP contribution in [0.5, 0.6) is 11.5 Å². The quantitative estimate of drug-likeness (QED) is 0.341. The molecule has 31 heavy (non-hydrogen) atoms. The Bertz CT molecular complexity index is 1330. The first-order valence-electron chi connectivity index (χ1n) is 8.70. The molecule has 0 saturated carbocycles. The van der Waals surface area contributed by atoms with E-state index < -0.39 is 50.2 Å². The number of nitrogens with one attached hydrogen (secondary N) is 2. The molecule has 0 unspecified atom stereocenters. The fourth-order valence-electron chi connectivity index (χ4n) is 2.79. The number of carbonyl (C=O) groups excluding carboxylic acids is 1. The second-order valence-corrected chi connectivity index (χ2v) is 7.98. The Morgan fingerprint density at radius 1 is 1.16 bits per heavy atom. The van der Waals surface area contributed by atoms with Crippen LogP contribution in [0.15, 0.2) is 52.2 Å². The third kappa shape index (κ3) is 4.82. The zero-order chi connectivity index (χ0) is 22.8. The van der Waals surface area contributed by atoms with Gasteiger partial charge in [-0.2, -0.15) is 0 Å². The lowest BCUT2D eigenvalue weighted by Gasteiger charge is -2.14. The summed E-state index contributed by atoms with van der Waals surface area (Å²) in [5, 5.41) is 26.2. The zero-order valence-corrected chi connectivity index (χ0v) is 16.6. The van der Waals surface area contributed by atoms with Crippen molar-refractivity contribution in [1.29, 1.82) is 0 Å². The monoisotopic (exact) mass is 447 g/mol. The summed E-state index contributed by atoms with van der Waals surface area (Å²) in [6, 6.07) is 10.9. The predicted molar refractivity (Wildman–Crippen MR) is 108 cm³/mol. The van der Waals surface area contributed by atoms with Gasteiger partial charge in [-0.1, -0.05) is 30.3 Å². The van der Waals surface area contributed by atoms with Gasteiger partial charge in [0, 0.05) is 11.5 Å². The Hall–Kier alpha value is -3.90. The second-order valence-electron chi connectivity index (χ2n) is 6.42. The SMILES string of the molecule is NS(=O)(=O)c1cc(OCc2ccccc2)c2[nH]c(=O)c(C(=O)NCC(=O)O)c(O)c2c1. The van der Waals surface area contributed by atoms with Gasteiger partial charge < -0.3 is 25.3 Å². The maximum Gasteiger partial charge on any atom is 0.322 e. The van der Waals surface area contributed by atoms with Crippen LogP contribution in [0, 0.1) is 0 Å². The molecule has 0 aliphatic carbocycles. The molecule has 11 nitrogen and oxygen atoms in total. The molecule has 2 aromatic carbocycles. The van der Waals surface area contributed by atoms with E-state index in [-0.39, 0.29) is 23.3 Å². The number of benzene rings is 2. The van der Waals surface area contributed by atoms with E-state index in [1.165, 1.54) is 0 Å². The average Bonchev–Trinajstić information content (AvgIpc) is 2.70. The molecular formula is C19H17N3O8S. The molecule has 0 aliphatic heterocycles. The van der Waals surface area contributed by atoms with E-state index in [0.29, 0.717) is 0 Å². The van der Waals surface area contributed by atoms with Gasteiger partial charge in [0.2, 0.25) is 10.0 Å². The van der Waals surface area contributed by atoms with Crippen molar-refractivity contribution in [2.45, 2.75) is 11.5 Å². The van der Waals surface area contributed by atoms with E-state index in [1.54, 1.807) is 30.3 Å². The number of carboxylic acid groups (broad SMARTS) is 1. The summed E-state index contributed by atoms with van der Waals surface area (Å²) >= 11 is 0. The fraction of sp³-hybridized carbons (Fsp3) is 0.105. The molecule has 1 aromatic heterocycles. The third-order valence-electron chi connectivity index (χ3n) is 4.23. The first-order chi connectivity index (χ1) is 14.6. The highest BCUT2D eigenvalue weighted by Crippen LogP contribution is 2.34. The van der Waals surface area contributed by atoms with Crippen LogP contribution in [0.4, 0.5) is 0 Å². The van der Waals surface area contributed by atoms with Crippen molar-refractivity contribution < 1.29 is 33.0 Å². The first-order valence-corrected chi connectivity index (χ1v) is 10.2. The molecule has 3 aromatic rings. The summed E-state index contributed by atoms with van der Waals surface area (Å²) in [6.45, 7) is -0.786. The van der Waals surface area contributed by atoms with Crippen LogP contribution < -0.4 is 20.8 Å². The van der Waals surface area contributed by atoms with Gasteiger partial charge >= 0.3 is 5.97 Å². The van der Waals surface area contributed by atoms with Crippen LogP contribution in [-0.4, -0.2) is 42.0 Å². The number of nitrogens with two attached hydrogens (primary N) is 1. The van der Waals surface area contributed by atoms with E-state index in [0.717, 1.165) is 17.7 Å². The number of hydrogen-bond acceptors (Lipinski definition) is 7. The van der Waals surface area contributed by atoms with Crippen LogP contribution in [0.2, 0.25) is 0 Å². The van der Waals surface area contributed by atoms with Crippen molar-refractivity contribution >= 4 is 32.8 Å². The lowest BCUT2D eigenvalue weighted by molar-refractivity contribution is -0.135. The third-order valence-corrected chi connectivity index (χ3v) is 5.12. The van der Waals surface area contributed by atoms with Gasteiger partial charge in [0.05, 0.1) is 10.4 Å². The number of aromatic nitrogens is 1. The molecule has 1 amide bonds. The summed E-state index contributed by atoms with van der Waals surface area (Å²) < 4.78 is 29.5. The number of amides is 1. The molecule has 0 aliphatic rings. The molecule has 0 spiro atoms. The van der Waals surface area contributed by atoms with Gasteiger partial charge in [-0.3, -0.25) is 14.4 Å². The van der Waals surface area contributed by atoms with Gasteiger partial charge in [0.15, 0.2) is 0 Å². The number of ether oxygens (including phenoxy) is 1. The lowest BCUT2D eigenvalue weighted by Crippen LogP contribution is -2.33. The Morgan fingerprint density at radius 3 is 2.45 bits per heavy atom. The van der Waals surface area contributed by atoms with E-state index in [2.05, 4.69) is 4.98 Å². The summed E-state index contributed by atoms with van der Waals surface area (Å²) in [7, 11) is -4.24. The lowest BCUT2D eigenvalue weighted by atomic mass is 10.1. The molecule has 162 valence electrons. The average molecular weight is 447 g/mol. The van der Waals surface area contributed by atoms with Crippen molar-refractivity contribution in [3.63, 3.8) is 0 Å². The number of primary sulfonamides is 1. The van der Waals surface area contributed by atoms with Gasteiger partial charge in [-0.05, 0) is 11.6 Å². The summed E-state index contributed by atoms with van der Waals surface area (Å²) in [5.74, 6) is -3.47. The number of sulfonamides is 1. The minimum atomic E-state index is -4.24. The molecule has 0 radical (unpaired) electrons. The molecule has 1 heterocycles. The van der Waals surface area contributed by atoms with E-state index in [9.17, 15) is 27.9 Å². The summed E-state index contributed by atoms with van der Waals surface area (Å²) in [6.07, 6.45) is 0. The van der Waals surface area contributed by atoms with Crippen LogP contribution in [0.25, 0.3) is 10.9 Å². The predicted octanol–water partition coefficient (Wildman–Crippen LogP) is 0.275. The number of H-pyrrole nitrogens is 1.